The second-order valence-corrected chi connectivity index (χ2v) is 8.46. The van der Waals surface area contributed by atoms with Crippen molar-refractivity contribution in [2.24, 2.45) is 0 Å². The maximum atomic E-state index is 12.8. The molecule has 0 radical (unpaired) electrons. The number of hydrogen-bond donors (Lipinski definition) is 1. The quantitative estimate of drug-likeness (QED) is 0.840. The van der Waals surface area contributed by atoms with E-state index >= 15 is 0 Å². The number of sulfonamides is 1. The summed E-state index contributed by atoms with van der Waals surface area (Å²) in [4.78, 5) is 14.6. The number of hydrogen-bond acceptors (Lipinski definition) is 4. The number of rotatable bonds is 6. The van der Waals surface area contributed by atoms with Crippen LogP contribution < -0.4 is 4.72 Å². The molecule has 1 amide bonds. The van der Waals surface area contributed by atoms with Crippen molar-refractivity contribution in [3.8, 4) is 0 Å². The minimum atomic E-state index is -3.71. The molecule has 6 nitrogen and oxygen atoms in total. The molecule has 0 saturated heterocycles. The van der Waals surface area contributed by atoms with Gasteiger partial charge in [0.15, 0.2) is 0 Å². The van der Waals surface area contributed by atoms with Gasteiger partial charge in [0.25, 0.3) is 5.91 Å². The van der Waals surface area contributed by atoms with Crippen molar-refractivity contribution in [3.05, 3.63) is 54.0 Å². The smallest absolute Gasteiger partial charge is 0.253 e. The molecule has 26 heavy (non-hydrogen) atoms. The van der Waals surface area contributed by atoms with Gasteiger partial charge in [-0.15, -0.1) is 0 Å². The third kappa shape index (κ3) is 4.34. The van der Waals surface area contributed by atoms with E-state index in [4.69, 9.17) is 4.42 Å². The van der Waals surface area contributed by atoms with Gasteiger partial charge < -0.3 is 9.32 Å². The van der Waals surface area contributed by atoms with Crippen molar-refractivity contribution in [1.82, 2.24) is 9.62 Å². The molecule has 1 heterocycles. The number of nitrogens with zero attached hydrogens (tertiary/aromatic N) is 1. The fourth-order valence-corrected chi connectivity index (χ4v) is 4.35. The minimum Gasteiger partial charge on any atom is -0.472 e. The number of furan rings is 1. The molecule has 2 aromatic rings. The Balaban J connectivity index is 1.73. The Morgan fingerprint density at radius 1 is 1.23 bits per heavy atom. The first-order valence-corrected chi connectivity index (χ1v) is 10.3. The van der Waals surface area contributed by atoms with E-state index in [0.29, 0.717) is 5.56 Å². The zero-order valence-corrected chi connectivity index (χ0v) is 15.7. The fourth-order valence-electron chi connectivity index (χ4n) is 3.29. The third-order valence-electron chi connectivity index (χ3n) is 4.88. The van der Waals surface area contributed by atoms with Crippen LogP contribution in [0.5, 0.6) is 0 Å². The normalized spacial score (nSPS) is 15.7. The summed E-state index contributed by atoms with van der Waals surface area (Å²) in [6.07, 6.45) is 8.47. The molecule has 7 heteroatoms. The van der Waals surface area contributed by atoms with Crippen molar-refractivity contribution in [3.63, 3.8) is 0 Å². The first-order valence-electron chi connectivity index (χ1n) is 8.85. The molecule has 1 saturated carbocycles. The van der Waals surface area contributed by atoms with E-state index in [1.165, 1.54) is 31.1 Å². The van der Waals surface area contributed by atoms with Crippen LogP contribution in [0.25, 0.3) is 0 Å². The average molecular weight is 376 g/mol. The number of carbonyl (C=O) groups excluding carboxylic acids is 1. The van der Waals surface area contributed by atoms with E-state index in [1.54, 1.807) is 30.1 Å². The minimum absolute atomic E-state index is 0.0869. The highest BCUT2D eigenvalue weighted by atomic mass is 32.2. The summed E-state index contributed by atoms with van der Waals surface area (Å²) in [6.45, 7) is 0.138. The van der Waals surface area contributed by atoms with Crippen molar-refractivity contribution in [1.29, 1.82) is 0 Å². The van der Waals surface area contributed by atoms with E-state index < -0.39 is 10.0 Å². The summed E-state index contributed by atoms with van der Waals surface area (Å²) >= 11 is 0. The summed E-state index contributed by atoms with van der Waals surface area (Å²) in [6, 6.07) is 8.14. The number of amides is 1. The van der Waals surface area contributed by atoms with E-state index in [9.17, 15) is 13.2 Å². The van der Waals surface area contributed by atoms with Gasteiger partial charge in [-0.05, 0) is 37.1 Å². The molecule has 3 rings (SSSR count). The highest BCUT2D eigenvalue weighted by molar-refractivity contribution is 7.89. The Bertz CT molecular complexity index is 840. The van der Waals surface area contributed by atoms with Gasteiger partial charge in [0, 0.05) is 30.8 Å². The van der Waals surface area contributed by atoms with Gasteiger partial charge in [-0.2, -0.15) is 0 Å². The summed E-state index contributed by atoms with van der Waals surface area (Å²) in [5, 5.41) is 0. The zero-order valence-electron chi connectivity index (χ0n) is 14.8. The molecule has 0 aliphatic heterocycles. The van der Waals surface area contributed by atoms with Crippen LogP contribution >= 0.6 is 0 Å². The summed E-state index contributed by atoms with van der Waals surface area (Å²) in [5.41, 5.74) is 1.13. The summed E-state index contributed by atoms with van der Waals surface area (Å²) in [7, 11) is -1.90. The maximum absolute atomic E-state index is 12.8. The molecule has 0 spiro atoms. The highest BCUT2D eigenvalue weighted by Crippen LogP contribution is 2.23. The topological polar surface area (TPSA) is 79.6 Å². The van der Waals surface area contributed by atoms with Crippen LogP contribution in [0, 0.1) is 0 Å². The molecule has 0 atom stereocenters. The third-order valence-corrected chi connectivity index (χ3v) is 6.28. The molecule has 1 fully saturated rings. The summed E-state index contributed by atoms with van der Waals surface area (Å²) < 4.78 is 32.5. The largest absolute Gasteiger partial charge is 0.472 e. The molecule has 1 aromatic carbocycles. The maximum Gasteiger partial charge on any atom is 0.253 e. The highest BCUT2D eigenvalue weighted by Gasteiger charge is 2.24. The lowest BCUT2D eigenvalue weighted by atomic mass is 9.94. The Morgan fingerprint density at radius 2 is 2.00 bits per heavy atom. The van der Waals surface area contributed by atoms with Gasteiger partial charge in [-0.3, -0.25) is 4.79 Å². The number of carbonyl (C=O) groups is 1. The molecule has 1 aliphatic carbocycles. The lowest BCUT2D eigenvalue weighted by Gasteiger charge is -2.31. The SMILES string of the molecule is CN(C(=O)c1cccc(S(=O)(=O)NCc2ccoc2)c1)C1CCCCC1. The Morgan fingerprint density at radius 3 is 2.69 bits per heavy atom. The molecular weight excluding hydrogens is 352 g/mol. The lowest BCUT2D eigenvalue weighted by Crippen LogP contribution is -2.38. The first-order chi connectivity index (χ1) is 12.5. The van der Waals surface area contributed by atoms with E-state index in [-0.39, 0.29) is 23.4 Å². The van der Waals surface area contributed by atoms with Crippen molar-refractivity contribution in [2.45, 2.75) is 49.6 Å². The fraction of sp³-hybridized carbons (Fsp3) is 0.421. The number of benzene rings is 1. The average Bonchev–Trinajstić information content (AvgIpc) is 3.20. The standard InChI is InChI=1S/C19H24N2O4S/c1-21(17-7-3-2-4-8-17)19(22)16-6-5-9-18(12-16)26(23,24)20-13-15-10-11-25-14-15/h5-6,9-12,14,17,20H,2-4,7-8,13H2,1H3. The Hall–Kier alpha value is -2.12. The van der Waals surface area contributed by atoms with Crippen LogP contribution in [0.1, 0.15) is 48.0 Å². The number of nitrogens with one attached hydrogen (secondary N) is 1. The summed E-state index contributed by atoms with van der Waals surface area (Å²) in [5.74, 6) is -0.135. The monoisotopic (exact) mass is 376 g/mol. The van der Waals surface area contributed by atoms with Crippen LogP contribution in [0.2, 0.25) is 0 Å². The lowest BCUT2D eigenvalue weighted by molar-refractivity contribution is 0.0696. The van der Waals surface area contributed by atoms with Gasteiger partial charge in [0.1, 0.15) is 0 Å². The van der Waals surface area contributed by atoms with Gasteiger partial charge in [-0.25, -0.2) is 13.1 Å². The van der Waals surface area contributed by atoms with Gasteiger partial charge in [0.2, 0.25) is 10.0 Å². The predicted molar refractivity (Wildman–Crippen MR) is 98.1 cm³/mol. The first kappa shape index (κ1) is 18.7. The van der Waals surface area contributed by atoms with Gasteiger partial charge in [0.05, 0.1) is 17.4 Å². The van der Waals surface area contributed by atoms with E-state index in [1.807, 2.05) is 0 Å². The van der Waals surface area contributed by atoms with E-state index in [2.05, 4.69) is 4.72 Å². The van der Waals surface area contributed by atoms with Crippen LogP contribution in [0.15, 0.2) is 52.2 Å². The molecular formula is C19H24N2O4S. The van der Waals surface area contributed by atoms with Crippen LogP contribution in [-0.4, -0.2) is 32.3 Å². The molecule has 1 aromatic heterocycles. The van der Waals surface area contributed by atoms with Crippen LogP contribution in [-0.2, 0) is 16.6 Å². The van der Waals surface area contributed by atoms with Gasteiger partial charge in [-0.1, -0.05) is 25.3 Å². The van der Waals surface area contributed by atoms with Crippen LogP contribution in [0.3, 0.4) is 0 Å². The molecule has 1 aliphatic rings. The second kappa shape index (κ2) is 8.05. The van der Waals surface area contributed by atoms with Crippen molar-refractivity contribution in [2.75, 3.05) is 7.05 Å². The van der Waals surface area contributed by atoms with Crippen LogP contribution in [0.4, 0.5) is 0 Å². The molecule has 140 valence electrons. The second-order valence-electron chi connectivity index (χ2n) is 6.69. The van der Waals surface area contributed by atoms with Crippen molar-refractivity contribution >= 4 is 15.9 Å². The Labute approximate surface area is 154 Å². The van der Waals surface area contributed by atoms with E-state index in [0.717, 1.165) is 31.2 Å². The molecule has 1 N–H and O–H groups in total. The molecule has 0 bridgehead atoms. The molecule has 0 unspecified atom stereocenters. The van der Waals surface area contributed by atoms with Gasteiger partial charge >= 0.3 is 0 Å². The predicted octanol–water partition coefficient (Wildman–Crippen LogP) is 3.16. The Kier molecular flexibility index (Phi) is 5.78. The zero-order chi connectivity index (χ0) is 18.6. The van der Waals surface area contributed by atoms with Crippen molar-refractivity contribution < 1.29 is 17.6 Å².